The van der Waals surface area contributed by atoms with E-state index in [0.29, 0.717) is 22.6 Å². The van der Waals surface area contributed by atoms with Crippen LogP contribution in [0.1, 0.15) is 17.2 Å². The molecule has 2 atom stereocenters. The largest absolute Gasteiger partial charge is 0.496 e. The molecule has 2 unspecified atom stereocenters. The quantitative estimate of drug-likeness (QED) is 0.462. The third-order valence-electron chi connectivity index (χ3n) is 4.61. The van der Waals surface area contributed by atoms with Crippen molar-refractivity contribution in [1.82, 2.24) is 0 Å². The van der Waals surface area contributed by atoms with Crippen LogP contribution in [0.25, 0.3) is 10.8 Å². The normalized spacial score (nSPS) is 13.9. The van der Waals surface area contributed by atoms with E-state index in [2.05, 4.69) is 21.2 Å². The number of ether oxygens (including phenoxy) is 1. The minimum absolute atomic E-state index is 0.282. The van der Waals surface area contributed by atoms with Crippen LogP contribution >= 0.6 is 15.9 Å². The Morgan fingerprint density at radius 1 is 1.04 bits per heavy atom. The standard InChI is InChI=1S/C21H19BrF3NO2/c1-28-18-11-5-9-15(16(18)12-22)19(20(27)21(23,24)25)26-17-10-4-7-13-6-2-3-8-14(13)17/h2-11,19-20,26-27H,12H2,1H3. The molecule has 0 saturated carbocycles. The van der Waals surface area contributed by atoms with E-state index in [9.17, 15) is 18.3 Å². The van der Waals surface area contributed by atoms with E-state index in [-0.39, 0.29) is 5.33 Å². The second kappa shape index (κ2) is 8.41. The second-order valence-corrected chi connectivity index (χ2v) is 6.86. The van der Waals surface area contributed by atoms with E-state index in [0.717, 1.165) is 10.8 Å². The van der Waals surface area contributed by atoms with E-state index in [1.165, 1.54) is 7.11 Å². The van der Waals surface area contributed by atoms with Gasteiger partial charge in [0.2, 0.25) is 0 Å². The zero-order chi connectivity index (χ0) is 20.3. The monoisotopic (exact) mass is 453 g/mol. The molecule has 28 heavy (non-hydrogen) atoms. The minimum Gasteiger partial charge on any atom is -0.496 e. The zero-order valence-corrected chi connectivity index (χ0v) is 16.6. The molecule has 0 bridgehead atoms. The number of hydrogen-bond donors (Lipinski definition) is 2. The van der Waals surface area contributed by atoms with Crippen LogP contribution in [0.2, 0.25) is 0 Å². The number of hydrogen-bond acceptors (Lipinski definition) is 3. The van der Waals surface area contributed by atoms with E-state index in [4.69, 9.17) is 4.74 Å². The number of aliphatic hydroxyl groups is 1. The van der Waals surface area contributed by atoms with Gasteiger partial charge in [0.15, 0.2) is 6.10 Å². The maximum Gasteiger partial charge on any atom is 0.416 e. The lowest BCUT2D eigenvalue weighted by Gasteiger charge is -2.29. The summed E-state index contributed by atoms with van der Waals surface area (Å²) in [6.07, 6.45) is -7.40. The van der Waals surface area contributed by atoms with Gasteiger partial charge >= 0.3 is 6.18 Å². The van der Waals surface area contributed by atoms with Crippen molar-refractivity contribution < 1.29 is 23.0 Å². The Morgan fingerprint density at radius 3 is 2.39 bits per heavy atom. The van der Waals surface area contributed by atoms with Gasteiger partial charge in [-0.2, -0.15) is 13.2 Å². The first-order valence-electron chi connectivity index (χ1n) is 8.57. The van der Waals surface area contributed by atoms with Crippen molar-refractivity contribution in [3.8, 4) is 5.75 Å². The minimum atomic E-state index is -4.80. The summed E-state index contributed by atoms with van der Waals surface area (Å²) < 4.78 is 45.8. The molecule has 3 aromatic carbocycles. The molecule has 0 aliphatic carbocycles. The number of halogens is 4. The lowest BCUT2D eigenvalue weighted by atomic mass is 9.95. The molecule has 0 radical (unpaired) electrons. The molecule has 7 heteroatoms. The highest BCUT2D eigenvalue weighted by Gasteiger charge is 2.45. The fourth-order valence-electron chi connectivity index (χ4n) is 3.24. The SMILES string of the molecule is COc1cccc(C(Nc2cccc3ccccc23)C(O)C(F)(F)F)c1CBr. The van der Waals surface area contributed by atoms with Crippen LogP contribution in [0.4, 0.5) is 18.9 Å². The number of benzene rings is 3. The van der Waals surface area contributed by atoms with Crippen molar-refractivity contribution in [2.45, 2.75) is 23.7 Å². The average molecular weight is 454 g/mol. The van der Waals surface area contributed by atoms with Crippen LogP contribution in [0, 0.1) is 0 Å². The molecule has 3 aromatic rings. The van der Waals surface area contributed by atoms with Crippen molar-refractivity contribution >= 4 is 32.4 Å². The number of rotatable bonds is 6. The summed E-state index contributed by atoms with van der Waals surface area (Å²) in [5.74, 6) is 0.452. The van der Waals surface area contributed by atoms with Crippen LogP contribution in [-0.4, -0.2) is 24.5 Å². The Bertz CT molecular complexity index is 957. The summed E-state index contributed by atoms with van der Waals surface area (Å²) in [4.78, 5) is 0. The van der Waals surface area contributed by atoms with Gasteiger partial charge in [0.1, 0.15) is 5.75 Å². The molecule has 0 aromatic heterocycles. The Kier molecular flexibility index (Phi) is 6.15. The lowest BCUT2D eigenvalue weighted by molar-refractivity contribution is -0.208. The van der Waals surface area contributed by atoms with E-state index < -0.39 is 18.3 Å². The van der Waals surface area contributed by atoms with Gasteiger partial charge in [0, 0.05) is 22.0 Å². The van der Waals surface area contributed by atoms with E-state index in [1.807, 2.05) is 30.3 Å². The molecule has 2 N–H and O–H groups in total. The molecule has 0 aliphatic heterocycles. The third-order valence-corrected chi connectivity index (χ3v) is 5.17. The molecule has 0 fully saturated rings. The molecule has 3 nitrogen and oxygen atoms in total. The Hall–Kier alpha value is -2.25. The van der Waals surface area contributed by atoms with Crippen molar-refractivity contribution in [2.24, 2.45) is 0 Å². The number of anilines is 1. The number of nitrogens with one attached hydrogen (secondary N) is 1. The van der Waals surface area contributed by atoms with Gasteiger partial charge in [-0.1, -0.05) is 64.5 Å². The van der Waals surface area contributed by atoms with Gasteiger partial charge in [-0.25, -0.2) is 0 Å². The fourth-order valence-corrected chi connectivity index (χ4v) is 3.84. The first kappa shape index (κ1) is 20.5. The Morgan fingerprint density at radius 2 is 1.71 bits per heavy atom. The summed E-state index contributed by atoms with van der Waals surface area (Å²) in [6, 6.07) is 16.2. The van der Waals surface area contributed by atoms with Crippen LogP contribution in [-0.2, 0) is 5.33 Å². The summed E-state index contributed by atoms with van der Waals surface area (Å²) in [5, 5.41) is 15.0. The van der Waals surface area contributed by atoms with Crippen molar-refractivity contribution in [2.75, 3.05) is 12.4 Å². The number of aliphatic hydroxyl groups excluding tert-OH is 1. The van der Waals surface area contributed by atoms with Gasteiger partial charge in [0.05, 0.1) is 13.2 Å². The lowest BCUT2D eigenvalue weighted by Crippen LogP contribution is -2.38. The molecule has 0 heterocycles. The molecule has 148 valence electrons. The maximum atomic E-state index is 13.5. The molecular formula is C21H19BrF3NO2. The van der Waals surface area contributed by atoms with Gasteiger partial charge in [0.25, 0.3) is 0 Å². The smallest absolute Gasteiger partial charge is 0.416 e. The molecule has 0 amide bonds. The third kappa shape index (κ3) is 4.10. The van der Waals surface area contributed by atoms with Crippen LogP contribution < -0.4 is 10.1 Å². The second-order valence-electron chi connectivity index (χ2n) is 6.30. The van der Waals surface area contributed by atoms with Crippen molar-refractivity contribution in [3.63, 3.8) is 0 Å². The van der Waals surface area contributed by atoms with Gasteiger partial charge < -0.3 is 15.2 Å². The topological polar surface area (TPSA) is 41.5 Å². The van der Waals surface area contributed by atoms with Gasteiger partial charge in [-0.05, 0) is 23.1 Å². The first-order valence-corrected chi connectivity index (χ1v) is 9.69. The molecular weight excluding hydrogens is 435 g/mol. The maximum absolute atomic E-state index is 13.5. The van der Waals surface area contributed by atoms with Crippen LogP contribution in [0.5, 0.6) is 5.75 Å². The van der Waals surface area contributed by atoms with E-state index in [1.54, 1.807) is 30.3 Å². The first-order chi connectivity index (χ1) is 13.4. The van der Waals surface area contributed by atoms with Crippen molar-refractivity contribution in [3.05, 3.63) is 71.8 Å². The Balaban J connectivity index is 2.14. The summed E-state index contributed by atoms with van der Waals surface area (Å²) in [7, 11) is 1.46. The average Bonchev–Trinajstić information content (AvgIpc) is 2.70. The zero-order valence-electron chi connectivity index (χ0n) is 15.0. The number of alkyl halides is 4. The summed E-state index contributed by atoms with van der Waals surface area (Å²) >= 11 is 3.32. The van der Waals surface area contributed by atoms with Crippen LogP contribution in [0.3, 0.4) is 0 Å². The predicted molar refractivity (Wildman–Crippen MR) is 108 cm³/mol. The summed E-state index contributed by atoms with van der Waals surface area (Å²) in [6.45, 7) is 0. The molecule has 0 saturated heterocycles. The molecule has 0 spiro atoms. The van der Waals surface area contributed by atoms with Gasteiger partial charge in [-0.3, -0.25) is 0 Å². The highest BCUT2D eigenvalue weighted by molar-refractivity contribution is 9.08. The molecule has 3 rings (SSSR count). The number of fused-ring (bicyclic) bond motifs is 1. The molecule has 0 aliphatic rings. The highest BCUT2D eigenvalue weighted by atomic mass is 79.9. The highest BCUT2D eigenvalue weighted by Crippen LogP contribution is 2.38. The van der Waals surface area contributed by atoms with E-state index >= 15 is 0 Å². The van der Waals surface area contributed by atoms with Crippen LogP contribution in [0.15, 0.2) is 60.7 Å². The fraction of sp³-hybridized carbons (Fsp3) is 0.238. The number of methoxy groups -OCH3 is 1. The predicted octanol–water partition coefficient (Wildman–Crippen LogP) is 5.82. The van der Waals surface area contributed by atoms with Crippen molar-refractivity contribution in [1.29, 1.82) is 0 Å². The Labute approximate surface area is 169 Å². The summed E-state index contributed by atoms with van der Waals surface area (Å²) in [5.41, 5.74) is 1.37. The van der Waals surface area contributed by atoms with Gasteiger partial charge in [-0.15, -0.1) is 0 Å².